The molecule has 140 valence electrons. The maximum atomic E-state index is 11.7. The fourth-order valence-corrected chi connectivity index (χ4v) is 3.80. The number of hydrogen-bond donors (Lipinski definition) is 0. The SMILES string of the molecule is CC(CCOP(=O)([O-])OCCC(C)CC(C)(C)C)CC(C)(C)C. The molecule has 0 aliphatic rings. The standard InChI is InChI=1S/C18H39O4P/c1-15(13-17(3,4)5)9-11-21-23(19,20)22-12-10-16(2)14-18(6,7)8/h15-16H,9-14H2,1-8H3,(H,19,20)/p-1. The molecule has 0 saturated heterocycles. The van der Waals surface area contributed by atoms with Gasteiger partial charge in [0.05, 0.1) is 13.2 Å². The second kappa shape index (κ2) is 9.56. The first-order valence-corrected chi connectivity index (χ1v) is 10.3. The van der Waals surface area contributed by atoms with E-state index < -0.39 is 7.82 Å². The van der Waals surface area contributed by atoms with Crippen molar-refractivity contribution in [2.75, 3.05) is 13.2 Å². The first kappa shape index (κ1) is 23.1. The van der Waals surface area contributed by atoms with E-state index in [1.807, 2.05) is 0 Å². The normalized spacial score (nSPS) is 18.5. The third-order valence-corrected chi connectivity index (χ3v) is 4.64. The Kier molecular flexibility index (Phi) is 9.60. The van der Waals surface area contributed by atoms with Crippen LogP contribution in [0, 0.1) is 22.7 Å². The van der Waals surface area contributed by atoms with E-state index in [0.29, 0.717) is 11.8 Å². The Morgan fingerprint density at radius 3 is 1.39 bits per heavy atom. The van der Waals surface area contributed by atoms with E-state index >= 15 is 0 Å². The van der Waals surface area contributed by atoms with E-state index in [1.165, 1.54) is 0 Å². The van der Waals surface area contributed by atoms with Gasteiger partial charge < -0.3 is 13.9 Å². The molecule has 0 heterocycles. The number of rotatable bonds is 10. The van der Waals surface area contributed by atoms with Gasteiger partial charge in [0.25, 0.3) is 7.82 Å². The molecule has 0 radical (unpaired) electrons. The molecule has 0 aromatic heterocycles. The highest BCUT2D eigenvalue weighted by Gasteiger charge is 2.18. The molecule has 2 unspecified atom stereocenters. The van der Waals surface area contributed by atoms with Crippen molar-refractivity contribution in [3.05, 3.63) is 0 Å². The zero-order valence-electron chi connectivity index (χ0n) is 16.5. The molecule has 2 atom stereocenters. The maximum Gasteiger partial charge on any atom is 0.267 e. The van der Waals surface area contributed by atoms with Crippen molar-refractivity contribution in [3.63, 3.8) is 0 Å². The van der Waals surface area contributed by atoms with Crippen LogP contribution in [0.25, 0.3) is 0 Å². The molecule has 23 heavy (non-hydrogen) atoms. The second-order valence-corrected chi connectivity index (χ2v) is 10.8. The van der Waals surface area contributed by atoms with E-state index in [4.69, 9.17) is 9.05 Å². The molecule has 0 rings (SSSR count). The molecule has 0 aromatic rings. The summed E-state index contributed by atoms with van der Waals surface area (Å²) in [6, 6.07) is 0. The topological polar surface area (TPSA) is 58.6 Å². The average Bonchev–Trinajstić information content (AvgIpc) is 2.22. The smallest absolute Gasteiger partial charge is 0.267 e. The van der Waals surface area contributed by atoms with Crippen LogP contribution in [0.5, 0.6) is 0 Å². The van der Waals surface area contributed by atoms with Gasteiger partial charge in [-0.1, -0.05) is 55.4 Å². The van der Waals surface area contributed by atoms with Crippen molar-refractivity contribution in [1.29, 1.82) is 0 Å². The molecule has 0 amide bonds. The highest BCUT2D eigenvalue weighted by atomic mass is 31.2. The highest BCUT2D eigenvalue weighted by Crippen LogP contribution is 2.39. The molecule has 4 nitrogen and oxygen atoms in total. The van der Waals surface area contributed by atoms with Gasteiger partial charge in [-0.25, -0.2) is 0 Å². The number of phosphoric acid groups is 1. The molecule has 0 aliphatic heterocycles. The Balaban J connectivity index is 3.95. The summed E-state index contributed by atoms with van der Waals surface area (Å²) in [7, 11) is -4.16. The molecule has 0 bridgehead atoms. The van der Waals surface area contributed by atoms with Gasteiger partial charge in [0.15, 0.2) is 0 Å². The molecule has 0 aliphatic carbocycles. The van der Waals surface area contributed by atoms with Crippen LogP contribution in [0.15, 0.2) is 0 Å². The van der Waals surface area contributed by atoms with E-state index in [0.717, 1.165) is 25.7 Å². The third-order valence-electron chi connectivity index (χ3n) is 3.64. The van der Waals surface area contributed by atoms with Gasteiger partial charge >= 0.3 is 0 Å². The monoisotopic (exact) mass is 349 g/mol. The molecule has 5 heteroatoms. The van der Waals surface area contributed by atoms with Gasteiger partial charge in [-0.2, -0.15) is 0 Å². The van der Waals surface area contributed by atoms with Gasteiger partial charge in [-0.3, -0.25) is 4.57 Å². The summed E-state index contributed by atoms with van der Waals surface area (Å²) in [6.07, 6.45) is 3.55. The highest BCUT2D eigenvalue weighted by molar-refractivity contribution is 7.45. The summed E-state index contributed by atoms with van der Waals surface area (Å²) in [6.45, 7) is 17.8. The zero-order chi connectivity index (χ0) is 18.3. The Labute approximate surface area is 144 Å². The van der Waals surface area contributed by atoms with E-state index in [2.05, 4.69) is 55.4 Å². The number of phosphoric ester groups is 1. The van der Waals surface area contributed by atoms with Crippen molar-refractivity contribution >= 4 is 7.82 Å². The predicted molar refractivity (Wildman–Crippen MR) is 95.2 cm³/mol. The van der Waals surface area contributed by atoms with Crippen molar-refractivity contribution in [2.45, 2.75) is 81.1 Å². The van der Waals surface area contributed by atoms with Crippen molar-refractivity contribution in [1.82, 2.24) is 0 Å². The Morgan fingerprint density at radius 1 is 0.826 bits per heavy atom. The van der Waals surface area contributed by atoms with Gasteiger partial charge in [0, 0.05) is 0 Å². The van der Waals surface area contributed by atoms with Gasteiger partial charge in [0.1, 0.15) is 0 Å². The first-order chi connectivity index (χ1) is 10.2. The summed E-state index contributed by atoms with van der Waals surface area (Å²) in [4.78, 5) is 11.7. The van der Waals surface area contributed by atoms with Crippen LogP contribution in [0.1, 0.15) is 81.1 Å². The number of hydrogen-bond acceptors (Lipinski definition) is 4. The van der Waals surface area contributed by atoms with Crippen LogP contribution in [0.3, 0.4) is 0 Å². The summed E-state index contributed by atoms with van der Waals surface area (Å²) in [5.41, 5.74) is 0.501. The fourth-order valence-electron chi connectivity index (χ4n) is 3.06. The molecule has 0 spiro atoms. The molecule has 0 aromatic carbocycles. The minimum absolute atomic E-state index is 0.204. The lowest BCUT2D eigenvalue weighted by atomic mass is 9.84. The fraction of sp³-hybridized carbons (Fsp3) is 1.00. The van der Waals surface area contributed by atoms with Crippen LogP contribution in [0.2, 0.25) is 0 Å². The first-order valence-electron chi connectivity index (χ1n) is 8.80. The van der Waals surface area contributed by atoms with E-state index in [1.54, 1.807) is 0 Å². The Bertz CT molecular complexity index is 336. The zero-order valence-corrected chi connectivity index (χ0v) is 17.4. The van der Waals surface area contributed by atoms with Crippen LogP contribution in [-0.2, 0) is 13.6 Å². The molecule has 0 saturated carbocycles. The van der Waals surface area contributed by atoms with E-state index in [9.17, 15) is 9.46 Å². The van der Waals surface area contributed by atoms with Crippen molar-refractivity contribution < 1.29 is 18.5 Å². The van der Waals surface area contributed by atoms with Crippen molar-refractivity contribution in [3.8, 4) is 0 Å². The lowest BCUT2D eigenvalue weighted by molar-refractivity contribution is -0.225. The lowest BCUT2D eigenvalue weighted by Gasteiger charge is -2.27. The van der Waals surface area contributed by atoms with Gasteiger partial charge in [-0.05, 0) is 48.3 Å². The second-order valence-electron chi connectivity index (χ2n) is 9.43. The molecular weight excluding hydrogens is 311 g/mol. The molecule has 0 N–H and O–H groups in total. The summed E-state index contributed by atoms with van der Waals surface area (Å²) in [5, 5.41) is 0. The van der Waals surface area contributed by atoms with Crippen LogP contribution < -0.4 is 4.89 Å². The van der Waals surface area contributed by atoms with Crippen LogP contribution in [0.4, 0.5) is 0 Å². The molecular formula is C18H38O4P-. The minimum Gasteiger partial charge on any atom is -0.756 e. The van der Waals surface area contributed by atoms with Gasteiger partial charge in [0.2, 0.25) is 0 Å². The Hall–Kier alpha value is 0.110. The van der Waals surface area contributed by atoms with E-state index in [-0.39, 0.29) is 24.0 Å². The summed E-state index contributed by atoms with van der Waals surface area (Å²) < 4.78 is 21.7. The average molecular weight is 349 g/mol. The summed E-state index contributed by atoms with van der Waals surface area (Å²) >= 11 is 0. The Morgan fingerprint density at radius 2 is 1.13 bits per heavy atom. The largest absolute Gasteiger partial charge is 0.756 e. The third kappa shape index (κ3) is 15.4. The maximum absolute atomic E-state index is 11.7. The quantitative estimate of drug-likeness (QED) is 0.495. The summed E-state index contributed by atoms with van der Waals surface area (Å²) in [5.74, 6) is 0.864. The minimum atomic E-state index is -4.16. The predicted octanol–water partition coefficient (Wildman–Crippen LogP) is 5.41. The van der Waals surface area contributed by atoms with Crippen LogP contribution in [-0.4, -0.2) is 13.2 Å². The van der Waals surface area contributed by atoms with Gasteiger partial charge in [-0.15, -0.1) is 0 Å². The van der Waals surface area contributed by atoms with Crippen LogP contribution >= 0.6 is 7.82 Å². The molecule has 0 fully saturated rings. The lowest BCUT2D eigenvalue weighted by Crippen LogP contribution is -2.16. The van der Waals surface area contributed by atoms with Crippen molar-refractivity contribution in [2.24, 2.45) is 22.7 Å².